The Bertz CT molecular complexity index is 769. The average molecular weight is 368 g/mol. The highest BCUT2D eigenvalue weighted by atomic mass is 35.5. The molecule has 0 unspecified atom stereocenters. The summed E-state index contributed by atoms with van der Waals surface area (Å²) in [6.45, 7) is -0.105. The second-order valence-electron chi connectivity index (χ2n) is 5.40. The molecule has 5 nitrogen and oxygen atoms in total. The summed E-state index contributed by atoms with van der Waals surface area (Å²) in [6.07, 6.45) is 0. The molecular formula is C17H16ClF2N3O2. The van der Waals surface area contributed by atoms with Crippen molar-refractivity contribution in [3.05, 3.63) is 59.1 Å². The SMILES string of the molecule is CN(CC(=O)Nc1ccc(F)cc1)CC(=O)Nc1ccc(F)cc1Cl. The van der Waals surface area contributed by atoms with Crippen molar-refractivity contribution in [3.8, 4) is 0 Å². The molecule has 0 saturated heterocycles. The lowest BCUT2D eigenvalue weighted by atomic mass is 10.3. The lowest BCUT2D eigenvalue weighted by Crippen LogP contribution is -2.36. The Morgan fingerprint density at radius 2 is 1.52 bits per heavy atom. The van der Waals surface area contributed by atoms with Gasteiger partial charge in [-0.1, -0.05) is 11.6 Å². The molecule has 2 aromatic carbocycles. The van der Waals surface area contributed by atoms with E-state index >= 15 is 0 Å². The van der Waals surface area contributed by atoms with Crippen LogP contribution >= 0.6 is 11.6 Å². The number of carbonyl (C=O) groups is 2. The number of anilines is 2. The van der Waals surface area contributed by atoms with Crippen molar-refractivity contribution in [2.24, 2.45) is 0 Å². The minimum absolute atomic E-state index is 0.0397. The Morgan fingerprint density at radius 1 is 0.960 bits per heavy atom. The molecular weight excluding hydrogens is 352 g/mol. The van der Waals surface area contributed by atoms with Gasteiger partial charge in [-0.2, -0.15) is 0 Å². The predicted octanol–water partition coefficient (Wildman–Crippen LogP) is 3.13. The van der Waals surface area contributed by atoms with Crippen LogP contribution in [0, 0.1) is 11.6 Å². The number of benzene rings is 2. The van der Waals surface area contributed by atoms with Crippen LogP contribution in [0.3, 0.4) is 0 Å². The summed E-state index contributed by atoms with van der Waals surface area (Å²) < 4.78 is 25.8. The number of hydrogen-bond acceptors (Lipinski definition) is 3. The summed E-state index contributed by atoms with van der Waals surface area (Å²) in [5.74, 6) is -1.64. The van der Waals surface area contributed by atoms with E-state index < -0.39 is 17.5 Å². The van der Waals surface area contributed by atoms with Gasteiger partial charge in [-0.05, 0) is 49.5 Å². The van der Waals surface area contributed by atoms with Gasteiger partial charge in [0, 0.05) is 5.69 Å². The van der Waals surface area contributed by atoms with Crippen LogP contribution in [0.5, 0.6) is 0 Å². The van der Waals surface area contributed by atoms with Crippen molar-refractivity contribution in [2.75, 3.05) is 30.8 Å². The quantitative estimate of drug-likeness (QED) is 0.824. The Hall–Kier alpha value is -2.51. The average Bonchev–Trinajstić information content (AvgIpc) is 2.52. The van der Waals surface area contributed by atoms with Crippen molar-refractivity contribution in [3.63, 3.8) is 0 Å². The van der Waals surface area contributed by atoms with E-state index in [0.29, 0.717) is 5.69 Å². The number of amides is 2. The molecule has 0 saturated carbocycles. The molecule has 132 valence electrons. The maximum absolute atomic E-state index is 13.0. The van der Waals surface area contributed by atoms with Crippen LogP contribution in [-0.4, -0.2) is 36.9 Å². The molecule has 0 bridgehead atoms. The first-order chi connectivity index (χ1) is 11.8. The number of carbonyl (C=O) groups excluding carboxylic acids is 2. The number of hydrogen-bond donors (Lipinski definition) is 2. The molecule has 0 heterocycles. The summed E-state index contributed by atoms with van der Waals surface area (Å²) in [5, 5.41) is 5.23. The molecule has 0 radical (unpaired) electrons. The molecule has 0 atom stereocenters. The smallest absolute Gasteiger partial charge is 0.238 e. The summed E-state index contributed by atoms with van der Waals surface area (Å²) in [7, 11) is 1.59. The van der Waals surface area contributed by atoms with Crippen LogP contribution < -0.4 is 10.6 Å². The first kappa shape index (κ1) is 18.8. The fraction of sp³-hybridized carbons (Fsp3) is 0.176. The third kappa shape index (κ3) is 6.13. The van der Waals surface area contributed by atoms with Crippen LogP contribution in [-0.2, 0) is 9.59 Å². The molecule has 2 amide bonds. The van der Waals surface area contributed by atoms with Crippen molar-refractivity contribution in [1.29, 1.82) is 0 Å². The third-order valence-corrected chi connectivity index (χ3v) is 3.47. The summed E-state index contributed by atoms with van der Waals surface area (Å²) >= 11 is 5.84. The molecule has 25 heavy (non-hydrogen) atoms. The van der Waals surface area contributed by atoms with Crippen LogP contribution in [0.15, 0.2) is 42.5 Å². The van der Waals surface area contributed by atoms with Crippen molar-refractivity contribution in [2.45, 2.75) is 0 Å². The standard InChI is InChI=1S/C17H16ClF2N3O2/c1-23(9-16(24)21-13-5-2-11(19)3-6-13)10-17(25)22-15-7-4-12(20)8-14(15)18/h2-8H,9-10H2,1H3,(H,21,24)(H,22,25). The van der Waals surface area contributed by atoms with Gasteiger partial charge >= 0.3 is 0 Å². The van der Waals surface area contributed by atoms with Crippen LogP contribution in [0.2, 0.25) is 5.02 Å². The monoisotopic (exact) mass is 367 g/mol. The fourth-order valence-electron chi connectivity index (χ4n) is 2.06. The van der Waals surface area contributed by atoms with E-state index in [-0.39, 0.29) is 29.7 Å². The summed E-state index contributed by atoms with van der Waals surface area (Å²) in [6, 6.07) is 8.99. The fourth-order valence-corrected chi connectivity index (χ4v) is 2.27. The van der Waals surface area contributed by atoms with E-state index in [0.717, 1.165) is 6.07 Å². The second kappa shape index (κ2) is 8.55. The van der Waals surface area contributed by atoms with E-state index in [4.69, 9.17) is 11.6 Å². The Morgan fingerprint density at radius 3 is 2.12 bits per heavy atom. The molecule has 8 heteroatoms. The number of likely N-dealkylation sites (N-methyl/N-ethyl adjacent to an activating group) is 1. The molecule has 0 aliphatic carbocycles. The Labute approximate surface area is 148 Å². The molecule has 2 rings (SSSR count). The lowest BCUT2D eigenvalue weighted by Gasteiger charge is -2.16. The van der Waals surface area contributed by atoms with Crippen LogP contribution in [0.25, 0.3) is 0 Å². The molecule has 0 aromatic heterocycles. The highest BCUT2D eigenvalue weighted by Gasteiger charge is 2.12. The normalized spacial score (nSPS) is 10.6. The maximum Gasteiger partial charge on any atom is 0.238 e. The molecule has 0 aliphatic heterocycles. The van der Waals surface area contributed by atoms with Gasteiger partial charge in [0.05, 0.1) is 23.8 Å². The van der Waals surface area contributed by atoms with Gasteiger partial charge in [0.1, 0.15) is 11.6 Å². The van der Waals surface area contributed by atoms with Crippen LogP contribution in [0.4, 0.5) is 20.2 Å². The van der Waals surface area contributed by atoms with E-state index in [1.807, 2.05) is 0 Å². The molecule has 0 fully saturated rings. The van der Waals surface area contributed by atoms with Crippen LogP contribution in [0.1, 0.15) is 0 Å². The first-order valence-corrected chi connectivity index (χ1v) is 7.70. The zero-order valence-electron chi connectivity index (χ0n) is 13.4. The zero-order valence-corrected chi connectivity index (χ0v) is 14.1. The highest BCUT2D eigenvalue weighted by molar-refractivity contribution is 6.33. The van der Waals surface area contributed by atoms with Crippen molar-refractivity contribution in [1.82, 2.24) is 4.90 Å². The largest absolute Gasteiger partial charge is 0.325 e. The third-order valence-electron chi connectivity index (χ3n) is 3.16. The van der Waals surface area contributed by atoms with Crippen molar-refractivity contribution < 1.29 is 18.4 Å². The second-order valence-corrected chi connectivity index (χ2v) is 5.81. The van der Waals surface area contributed by atoms with Gasteiger partial charge in [0.2, 0.25) is 11.8 Å². The van der Waals surface area contributed by atoms with E-state index in [9.17, 15) is 18.4 Å². The first-order valence-electron chi connectivity index (χ1n) is 7.32. The van der Waals surface area contributed by atoms with E-state index in [1.165, 1.54) is 41.3 Å². The van der Waals surface area contributed by atoms with Gasteiger partial charge in [-0.3, -0.25) is 14.5 Å². The zero-order chi connectivity index (χ0) is 18.4. The van der Waals surface area contributed by atoms with Gasteiger partial charge in [0.25, 0.3) is 0 Å². The number of halogens is 3. The topological polar surface area (TPSA) is 61.4 Å². The minimum Gasteiger partial charge on any atom is -0.325 e. The Kier molecular flexibility index (Phi) is 6.44. The van der Waals surface area contributed by atoms with E-state index in [2.05, 4.69) is 10.6 Å². The highest BCUT2D eigenvalue weighted by Crippen LogP contribution is 2.22. The van der Waals surface area contributed by atoms with Gasteiger partial charge in [-0.15, -0.1) is 0 Å². The molecule has 0 aliphatic rings. The van der Waals surface area contributed by atoms with Gasteiger partial charge in [0.15, 0.2) is 0 Å². The number of nitrogens with one attached hydrogen (secondary N) is 2. The summed E-state index contributed by atoms with van der Waals surface area (Å²) in [4.78, 5) is 25.3. The molecule has 2 N–H and O–H groups in total. The number of nitrogens with zero attached hydrogens (tertiary/aromatic N) is 1. The summed E-state index contributed by atoms with van der Waals surface area (Å²) in [5.41, 5.74) is 0.750. The predicted molar refractivity (Wildman–Crippen MR) is 92.6 cm³/mol. The van der Waals surface area contributed by atoms with Gasteiger partial charge in [-0.25, -0.2) is 8.78 Å². The van der Waals surface area contributed by atoms with E-state index in [1.54, 1.807) is 7.05 Å². The number of rotatable bonds is 6. The Balaban J connectivity index is 1.82. The van der Waals surface area contributed by atoms with Crippen molar-refractivity contribution >= 4 is 34.8 Å². The molecule has 0 spiro atoms. The lowest BCUT2D eigenvalue weighted by molar-refractivity contribution is -0.119. The molecule has 2 aromatic rings. The maximum atomic E-state index is 13.0. The van der Waals surface area contributed by atoms with Gasteiger partial charge < -0.3 is 10.6 Å². The minimum atomic E-state index is -0.502.